The van der Waals surface area contributed by atoms with E-state index in [1.165, 1.54) is 41.4 Å². The summed E-state index contributed by atoms with van der Waals surface area (Å²) < 4.78 is 149. The minimum absolute atomic E-state index is 0.107. The average Bonchev–Trinajstić information content (AvgIpc) is 0.720. The molecule has 5 aromatic carbocycles. The highest BCUT2D eigenvalue weighted by molar-refractivity contribution is 5.66. The summed E-state index contributed by atoms with van der Waals surface area (Å²) in [6.45, 7) is 0.243. The van der Waals surface area contributed by atoms with Crippen LogP contribution in [0.4, 0.5) is 0 Å². The van der Waals surface area contributed by atoms with E-state index in [0.717, 1.165) is 67.3 Å². The fourth-order valence-corrected chi connectivity index (χ4v) is 8.56. The van der Waals surface area contributed by atoms with Gasteiger partial charge in [-0.1, -0.05) is 136 Å². The predicted molar refractivity (Wildman–Crippen MR) is 330 cm³/mol. The van der Waals surface area contributed by atoms with Crippen LogP contribution in [0.3, 0.4) is 0 Å². The Morgan fingerprint density at radius 1 is 0.449 bits per heavy atom. The molecular formula is C73H83N5+2. The lowest BCUT2D eigenvalue weighted by Gasteiger charge is -2.10. The number of hydrogen-bond donors (Lipinski definition) is 0. The Bertz CT molecular complexity index is 4230. The van der Waals surface area contributed by atoms with Crippen LogP contribution in [-0.2, 0) is 26.9 Å². The quantitative estimate of drug-likeness (QED) is 0.135. The fourth-order valence-electron chi connectivity index (χ4n) is 8.56. The molecule has 0 aliphatic heterocycles. The molecule has 0 saturated heterocycles. The fraction of sp³-hybridized carbons (Fsp3) is 0.247. The van der Waals surface area contributed by atoms with E-state index in [2.05, 4.69) is 83.0 Å². The molecule has 10 aromatic rings. The van der Waals surface area contributed by atoms with Crippen LogP contribution in [0.5, 0.6) is 0 Å². The predicted octanol–water partition coefficient (Wildman–Crippen LogP) is 17.6. The lowest BCUT2D eigenvalue weighted by molar-refractivity contribution is -0.660. The van der Waals surface area contributed by atoms with Crippen LogP contribution in [0.2, 0.25) is 0 Å². The molecular weight excluding hydrogens is 947 g/mol. The zero-order chi connectivity index (χ0) is 72.3. The smallest absolute Gasteiger partial charge is 0.212 e. The van der Waals surface area contributed by atoms with Gasteiger partial charge in [-0.05, 0) is 184 Å². The van der Waals surface area contributed by atoms with Crippen molar-refractivity contribution in [1.29, 1.82) is 0 Å². The molecule has 0 spiro atoms. The molecule has 0 radical (unpaired) electrons. The topological polar surface area (TPSA) is 46.4 Å². The van der Waals surface area contributed by atoms with Gasteiger partial charge in [-0.15, -0.1) is 0 Å². The maximum atomic E-state index is 8.30. The monoisotopic (exact) mass is 1050 g/mol. The summed E-state index contributed by atoms with van der Waals surface area (Å²) in [6, 6.07) is 56.1. The zero-order valence-corrected chi connectivity index (χ0v) is 46.2. The molecule has 5 heteroatoms. The van der Waals surface area contributed by atoms with Crippen molar-refractivity contribution in [2.75, 3.05) is 0 Å². The Labute approximate surface area is 495 Å². The summed E-state index contributed by atoms with van der Waals surface area (Å²) in [7, 11) is 3.94. The average molecular weight is 1050 g/mol. The van der Waals surface area contributed by atoms with Gasteiger partial charge in [0, 0.05) is 96.7 Å². The van der Waals surface area contributed by atoms with Gasteiger partial charge in [-0.2, -0.15) is 0 Å². The second-order valence-electron chi connectivity index (χ2n) is 18.9. The molecule has 0 N–H and O–H groups in total. The third-order valence-electron chi connectivity index (χ3n) is 12.8. The van der Waals surface area contributed by atoms with Crippen LogP contribution in [0.25, 0.3) is 56.3 Å². The Morgan fingerprint density at radius 2 is 0.936 bits per heavy atom. The molecule has 0 aliphatic rings. The summed E-state index contributed by atoms with van der Waals surface area (Å²) in [4.78, 5) is 12.8. The van der Waals surface area contributed by atoms with Crippen molar-refractivity contribution in [1.82, 2.24) is 15.0 Å². The van der Waals surface area contributed by atoms with E-state index in [4.69, 9.17) is 26.0 Å². The maximum Gasteiger partial charge on any atom is 0.212 e. The lowest BCUT2D eigenvalue weighted by Crippen LogP contribution is -2.30. The first-order chi connectivity index (χ1) is 45.0. The van der Waals surface area contributed by atoms with E-state index in [1.807, 2.05) is 142 Å². The van der Waals surface area contributed by atoms with Crippen LogP contribution in [-0.4, -0.2) is 15.0 Å². The number of benzene rings is 5. The second kappa shape index (κ2) is 29.4. The first kappa shape index (κ1) is 37.6. The molecule has 0 saturated carbocycles. The van der Waals surface area contributed by atoms with Crippen LogP contribution in [0.15, 0.2) is 213 Å². The highest BCUT2D eigenvalue weighted by atomic mass is 14.9. The summed E-state index contributed by atoms with van der Waals surface area (Å²) in [5.74, 6) is -4.92. The van der Waals surface area contributed by atoms with E-state index in [0.29, 0.717) is 16.7 Å². The van der Waals surface area contributed by atoms with Gasteiger partial charge in [0.15, 0.2) is 12.4 Å². The van der Waals surface area contributed by atoms with Gasteiger partial charge in [0.1, 0.15) is 14.1 Å². The molecule has 398 valence electrons. The molecule has 0 amide bonds. The van der Waals surface area contributed by atoms with Crippen molar-refractivity contribution in [2.24, 2.45) is 20.0 Å². The normalized spacial score (nSPS) is 16.0. The minimum atomic E-state index is -3.35. The van der Waals surface area contributed by atoms with Crippen LogP contribution in [0.1, 0.15) is 122 Å². The van der Waals surface area contributed by atoms with Crippen molar-refractivity contribution in [2.45, 2.75) is 101 Å². The third kappa shape index (κ3) is 17.2. The van der Waals surface area contributed by atoms with Gasteiger partial charge in [0.2, 0.25) is 11.4 Å². The molecule has 5 heterocycles. The van der Waals surface area contributed by atoms with E-state index >= 15 is 0 Å². The highest BCUT2D eigenvalue weighted by Crippen LogP contribution is 2.27. The number of aryl methyl sites for hydroxylation is 10. The Balaban J connectivity index is 0.000000194. The summed E-state index contributed by atoms with van der Waals surface area (Å²) >= 11 is 0. The van der Waals surface area contributed by atoms with E-state index in [1.54, 1.807) is 55.8 Å². The second-order valence-corrected chi connectivity index (χ2v) is 18.9. The number of aromatic nitrogens is 5. The van der Waals surface area contributed by atoms with Gasteiger partial charge in [-0.25, -0.2) is 9.13 Å². The Morgan fingerprint density at radius 3 is 1.45 bits per heavy atom. The number of pyridine rings is 5. The van der Waals surface area contributed by atoms with E-state index in [-0.39, 0.29) is 12.0 Å². The first-order valence-electron chi connectivity index (χ1n) is 35.1. The minimum Gasteiger partial charge on any atom is -0.256 e. The standard InChI is InChI=1S/C17H22N.C15H17N.C14H16N.C14H15N.C13H13N/c1-13(2)11-15-8-9-16(14(3)12-15)17-7-5-6-10-18(17)4;1-11(2)13-7-8-14(12(3)10-13)15-6-4-5-9-16-15;1-11-7-8-12(2)13(10-11)14-6-4-5-9-15(14)3;1-3-12-7-8-13(11(2)10-12)14-6-4-5-9-15-14;1-10-6-7-11(2)12(9-10)13-5-3-4-8-14-13/h5-10,12-13H,11H2,1-4H3;4-11H,1-3H3;4-10H,1-3H3;4-10H,3H2,1-2H3;3-9H,1-2H3/q+1;;+1;;/i1D3,2D3,11D2,13D;1D3,11D;;2*1D3. The van der Waals surface area contributed by atoms with E-state index in [9.17, 15) is 0 Å². The van der Waals surface area contributed by atoms with Gasteiger partial charge in [-0.3, -0.25) is 15.0 Å². The number of rotatable bonds is 9. The molecule has 1 unspecified atom stereocenters. The van der Waals surface area contributed by atoms with Crippen molar-refractivity contribution >= 4 is 0 Å². The molecule has 5 nitrogen and oxygen atoms in total. The first-order valence-corrected chi connectivity index (χ1v) is 25.6. The molecule has 0 fully saturated rings. The summed E-state index contributed by atoms with van der Waals surface area (Å²) in [5, 5.41) is 0. The summed E-state index contributed by atoms with van der Waals surface area (Å²) in [6.07, 6.45) is 6.31. The maximum absolute atomic E-state index is 8.30. The highest BCUT2D eigenvalue weighted by Gasteiger charge is 2.13. The molecule has 0 aliphatic carbocycles. The van der Waals surface area contributed by atoms with Gasteiger partial charge in [0.05, 0.1) is 17.1 Å². The number of nitrogens with zero attached hydrogens (tertiary/aromatic N) is 5. The lowest BCUT2D eigenvalue weighted by atomic mass is 9.96. The van der Waals surface area contributed by atoms with E-state index < -0.39 is 52.4 Å². The molecule has 78 heavy (non-hydrogen) atoms. The van der Waals surface area contributed by atoms with Gasteiger partial charge in [0.25, 0.3) is 0 Å². The summed E-state index contributed by atoms with van der Waals surface area (Å²) in [5.41, 5.74) is 17.5. The zero-order valence-electron chi connectivity index (χ0n) is 65.2. The molecule has 5 aromatic heterocycles. The van der Waals surface area contributed by atoms with Crippen molar-refractivity contribution in [3.63, 3.8) is 0 Å². The van der Waals surface area contributed by atoms with Gasteiger partial charge >= 0.3 is 0 Å². The molecule has 0 bridgehead atoms. The van der Waals surface area contributed by atoms with Crippen molar-refractivity contribution in [3.05, 3.63) is 269 Å². The van der Waals surface area contributed by atoms with Crippen LogP contribution in [0, 0.1) is 54.3 Å². The SMILES string of the molecule is Cc1ccc(C)c(-c2cccc[n+]2C)c1.[2H]C([2H])([2H])C([2H])(C([2H])([2H])[2H])C([2H])([2H])c1ccc(-c2cccc[n+]2C)c(C)c1.[2H]C([2H])([2H])C([2H])(C)c1ccc(-c2ccccn2)c(C)c1.[2H]C([2H])([2H])Cc1ccc(-c2ccccn2)c(C)c1.[2H]C([2H])([2H])c1ccc(C)c(-c2ccccn2)c1. The Hall–Kier alpha value is -8.15. The Kier molecular flexibility index (Phi) is 14.2. The van der Waals surface area contributed by atoms with Gasteiger partial charge < -0.3 is 0 Å². The largest absolute Gasteiger partial charge is 0.256 e. The van der Waals surface area contributed by atoms with Crippen molar-refractivity contribution < 1.29 is 35.2 Å². The molecule has 10 rings (SSSR count). The van der Waals surface area contributed by atoms with Crippen LogP contribution < -0.4 is 9.13 Å². The van der Waals surface area contributed by atoms with Crippen molar-refractivity contribution in [3.8, 4) is 56.3 Å². The van der Waals surface area contributed by atoms with Crippen LogP contribution >= 0.6 is 0 Å². The molecule has 1 atom stereocenters. The number of hydrogen-bond acceptors (Lipinski definition) is 3. The third-order valence-corrected chi connectivity index (χ3v) is 12.8.